The maximum absolute atomic E-state index is 12.9. The number of carbonyl (C=O) groups excluding carboxylic acids is 2. The van der Waals surface area contributed by atoms with Gasteiger partial charge >= 0.3 is 5.97 Å². The number of carbonyl (C=O) groups is 2. The molecule has 0 radical (unpaired) electrons. The lowest BCUT2D eigenvalue weighted by molar-refractivity contribution is -0.128. The van der Waals surface area contributed by atoms with Crippen LogP contribution in [0.3, 0.4) is 0 Å². The van der Waals surface area contributed by atoms with Gasteiger partial charge in [-0.1, -0.05) is 12.1 Å². The predicted octanol–water partition coefficient (Wildman–Crippen LogP) is 3.60. The number of fused-ring (bicyclic) bond motifs is 1. The second-order valence-corrected chi connectivity index (χ2v) is 6.06. The molecule has 1 aromatic heterocycles. The summed E-state index contributed by atoms with van der Waals surface area (Å²) in [5.74, 6) is -0.494. The molecule has 0 unspecified atom stereocenters. The van der Waals surface area contributed by atoms with Crippen LogP contribution in [-0.2, 0) is 16.0 Å². The van der Waals surface area contributed by atoms with Crippen LogP contribution in [0.2, 0.25) is 0 Å². The zero-order valence-corrected chi connectivity index (χ0v) is 14.8. The third-order valence-corrected chi connectivity index (χ3v) is 4.01. The lowest BCUT2D eigenvalue weighted by atomic mass is 10.1. The molecule has 0 aliphatic heterocycles. The van der Waals surface area contributed by atoms with Gasteiger partial charge in [-0.3, -0.25) is 4.79 Å². The summed E-state index contributed by atoms with van der Waals surface area (Å²) < 4.78 is 18.2. The van der Waals surface area contributed by atoms with Gasteiger partial charge in [0.25, 0.3) is 0 Å². The summed E-state index contributed by atoms with van der Waals surface area (Å²) in [6.07, 6.45) is 5.41. The molecule has 1 amide bonds. The Bertz CT molecular complexity index is 990. The maximum Gasteiger partial charge on any atom is 0.336 e. The van der Waals surface area contributed by atoms with E-state index >= 15 is 0 Å². The molecule has 0 bridgehead atoms. The average Bonchev–Trinajstić information content (AvgIpc) is 3.03. The molecule has 138 valence electrons. The van der Waals surface area contributed by atoms with Crippen LogP contribution in [0.15, 0.2) is 54.7 Å². The number of aromatic amines is 1. The first kappa shape index (κ1) is 18.4. The van der Waals surface area contributed by atoms with E-state index in [4.69, 9.17) is 4.74 Å². The highest BCUT2D eigenvalue weighted by atomic mass is 19.1. The molecule has 0 saturated carbocycles. The van der Waals surface area contributed by atoms with Crippen molar-refractivity contribution in [2.45, 2.75) is 13.3 Å². The molecule has 2 N–H and O–H groups in total. The number of rotatable bonds is 6. The van der Waals surface area contributed by atoms with Crippen molar-refractivity contribution >= 4 is 28.9 Å². The van der Waals surface area contributed by atoms with Crippen molar-refractivity contribution in [1.29, 1.82) is 0 Å². The number of hydrogen-bond acceptors (Lipinski definition) is 3. The fraction of sp³-hybridized carbons (Fsp3) is 0.143. The molecule has 27 heavy (non-hydrogen) atoms. The third kappa shape index (κ3) is 5.04. The summed E-state index contributed by atoms with van der Waals surface area (Å²) >= 11 is 0. The molecule has 6 heteroatoms. The minimum absolute atomic E-state index is 0.0718. The Balaban J connectivity index is 1.68. The topological polar surface area (TPSA) is 71.2 Å². The maximum atomic E-state index is 12.9. The van der Waals surface area contributed by atoms with Gasteiger partial charge in [-0.05, 0) is 54.0 Å². The first-order valence-electron chi connectivity index (χ1n) is 8.51. The van der Waals surface area contributed by atoms with Gasteiger partial charge in [-0.15, -0.1) is 0 Å². The van der Waals surface area contributed by atoms with Crippen LogP contribution >= 0.6 is 0 Å². The van der Waals surface area contributed by atoms with Crippen LogP contribution in [0.4, 0.5) is 4.39 Å². The summed E-state index contributed by atoms with van der Waals surface area (Å²) in [5.41, 5.74) is 2.66. The third-order valence-electron chi connectivity index (χ3n) is 4.01. The fourth-order valence-corrected chi connectivity index (χ4v) is 2.69. The highest BCUT2D eigenvalue weighted by Gasteiger charge is 2.07. The SMILES string of the molecule is CC(=O)NCCc1c[nH]c2ccc(OC(=O)/C=C/c3ccc(F)cc3)cc12. The van der Waals surface area contributed by atoms with Crippen LogP contribution in [0.5, 0.6) is 5.75 Å². The lowest BCUT2D eigenvalue weighted by Crippen LogP contribution is -2.22. The zero-order valence-electron chi connectivity index (χ0n) is 14.8. The number of aromatic nitrogens is 1. The van der Waals surface area contributed by atoms with E-state index in [2.05, 4.69) is 10.3 Å². The molecule has 3 aromatic rings. The number of ether oxygens (including phenoxy) is 1. The molecule has 0 aliphatic carbocycles. The van der Waals surface area contributed by atoms with E-state index in [1.54, 1.807) is 30.3 Å². The number of esters is 1. The van der Waals surface area contributed by atoms with Crippen molar-refractivity contribution in [3.8, 4) is 5.75 Å². The van der Waals surface area contributed by atoms with Crippen LogP contribution < -0.4 is 10.1 Å². The van der Waals surface area contributed by atoms with E-state index < -0.39 is 5.97 Å². The van der Waals surface area contributed by atoms with Gasteiger partial charge in [-0.25, -0.2) is 9.18 Å². The molecule has 0 aliphatic rings. The summed E-state index contributed by atoms with van der Waals surface area (Å²) in [4.78, 5) is 26.2. The van der Waals surface area contributed by atoms with Gasteiger partial charge in [0.05, 0.1) is 0 Å². The normalized spacial score (nSPS) is 11.0. The molecule has 1 heterocycles. The summed E-state index contributed by atoms with van der Waals surface area (Å²) in [6.45, 7) is 2.01. The van der Waals surface area contributed by atoms with E-state index in [1.807, 2.05) is 12.3 Å². The molecule has 0 atom stereocenters. The van der Waals surface area contributed by atoms with Crippen molar-refractivity contribution in [1.82, 2.24) is 10.3 Å². The first-order chi connectivity index (χ1) is 13.0. The average molecular weight is 366 g/mol. The predicted molar refractivity (Wildman–Crippen MR) is 102 cm³/mol. The second kappa shape index (κ2) is 8.31. The Kier molecular flexibility index (Phi) is 5.66. The largest absolute Gasteiger partial charge is 0.423 e. The Morgan fingerprint density at radius 1 is 1.19 bits per heavy atom. The van der Waals surface area contributed by atoms with E-state index in [0.717, 1.165) is 16.5 Å². The van der Waals surface area contributed by atoms with Crippen molar-refractivity contribution < 1.29 is 18.7 Å². The van der Waals surface area contributed by atoms with Gasteiger partial charge in [0.15, 0.2) is 0 Å². The molecule has 0 fully saturated rings. The van der Waals surface area contributed by atoms with Gasteiger partial charge in [0.2, 0.25) is 5.91 Å². The molecular formula is C21H19FN2O3. The van der Waals surface area contributed by atoms with E-state index in [-0.39, 0.29) is 11.7 Å². The molecule has 2 aromatic carbocycles. The van der Waals surface area contributed by atoms with Gasteiger partial charge in [-0.2, -0.15) is 0 Å². The van der Waals surface area contributed by atoms with Gasteiger partial charge < -0.3 is 15.0 Å². The monoisotopic (exact) mass is 366 g/mol. The zero-order chi connectivity index (χ0) is 19.2. The van der Waals surface area contributed by atoms with E-state index in [1.165, 1.54) is 25.1 Å². The molecular weight excluding hydrogens is 347 g/mol. The Hall–Kier alpha value is -3.41. The van der Waals surface area contributed by atoms with E-state index in [0.29, 0.717) is 24.3 Å². The number of benzene rings is 2. The molecule has 0 saturated heterocycles. The molecule has 5 nitrogen and oxygen atoms in total. The van der Waals surface area contributed by atoms with Crippen molar-refractivity contribution in [3.05, 3.63) is 71.7 Å². The number of hydrogen-bond donors (Lipinski definition) is 2. The highest BCUT2D eigenvalue weighted by Crippen LogP contribution is 2.24. The van der Waals surface area contributed by atoms with Gasteiger partial charge in [0, 0.05) is 36.6 Å². The van der Waals surface area contributed by atoms with Gasteiger partial charge in [0.1, 0.15) is 11.6 Å². The fourth-order valence-electron chi connectivity index (χ4n) is 2.69. The number of amides is 1. The number of nitrogens with one attached hydrogen (secondary N) is 2. The number of H-pyrrole nitrogens is 1. The summed E-state index contributed by atoms with van der Waals surface area (Å²) in [6, 6.07) is 11.1. The minimum atomic E-state index is -0.519. The van der Waals surface area contributed by atoms with Crippen LogP contribution in [0, 0.1) is 5.82 Å². The van der Waals surface area contributed by atoms with E-state index in [9.17, 15) is 14.0 Å². The van der Waals surface area contributed by atoms with Crippen LogP contribution in [0.1, 0.15) is 18.1 Å². The van der Waals surface area contributed by atoms with Crippen molar-refractivity contribution in [2.75, 3.05) is 6.54 Å². The Morgan fingerprint density at radius 3 is 2.70 bits per heavy atom. The minimum Gasteiger partial charge on any atom is -0.423 e. The highest BCUT2D eigenvalue weighted by molar-refractivity contribution is 5.90. The Labute approximate surface area is 155 Å². The quantitative estimate of drug-likeness (QED) is 0.398. The first-order valence-corrected chi connectivity index (χ1v) is 8.51. The standard InChI is InChI=1S/C21H19FN2O3/c1-14(25)23-11-10-16-13-24-20-8-7-18(12-19(16)20)27-21(26)9-4-15-2-5-17(22)6-3-15/h2-9,12-13,24H,10-11H2,1H3,(H,23,25)/b9-4+. The van der Waals surface area contributed by atoms with Crippen molar-refractivity contribution in [3.63, 3.8) is 0 Å². The van der Waals surface area contributed by atoms with Crippen molar-refractivity contribution in [2.24, 2.45) is 0 Å². The molecule has 0 spiro atoms. The van der Waals surface area contributed by atoms with Crippen LogP contribution in [0.25, 0.3) is 17.0 Å². The van der Waals surface area contributed by atoms with Crippen LogP contribution in [-0.4, -0.2) is 23.4 Å². The smallest absolute Gasteiger partial charge is 0.336 e. The molecule has 3 rings (SSSR count). The number of halogens is 1. The second-order valence-electron chi connectivity index (χ2n) is 6.06. The Morgan fingerprint density at radius 2 is 1.96 bits per heavy atom. The lowest BCUT2D eigenvalue weighted by Gasteiger charge is -2.04. The summed E-state index contributed by atoms with van der Waals surface area (Å²) in [5, 5.41) is 3.70. The summed E-state index contributed by atoms with van der Waals surface area (Å²) in [7, 11) is 0.